The molecule has 4 nitrogen and oxygen atoms in total. The lowest BCUT2D eigenvalue weighted by molar-refractivity contribution is -0.125. The Balaban J connectivity index is 2.17. The summed E-state index contributed by atoms with van der Waals surface area (Å²) >= 11 is 0. The SMILES string of the molecule is NC(=O)CONCc1ccccc1. The summed E-state index contributed by atoms with van der Waals surface area (Å²) in [5.74, 6) is -0.486. The number of hydrogen-bond acceptors (Lipinski definition) is 3. The standard InChI is InChI=1S/C9H12N2O2/c10-9(12)7-13-11-6-8-4-2-1-3-5-8/h1-5,11H,6-7H2,(H2,10,12). The average molecular weight is 180 g/mol. The maximum absolute atomic E-state index is 10.3. The molecule has 13 heavy (non-hydrogen) atoms. The zero-order chi connectivity index (χ0) is 9.52. The second kappa shape index (κ2) is 5.29. The fourth-order valence-corrected chi connectivity index (χ4v) is 0.852. The van der Waals surface area contributed by atoms with Gasteiger partial charge < -0.3 is 5.73 Å². The van der Waals surface area contributed by atoms with E-state index in [2.05, 4.69) is 5.48 Å². The Morgan fingerprint density at radius 2 is 2.08 bits per heavy atom. The van der Waals surface area contributed by atoms with Crippen molar-refractivity contribution in [1.29, 1.82) is 0 Å². The summed E-state index contributed by atoms with van der Waals surface area (Å²) in [6, 6.07) is 9.73. The predicted octanol–water partition coefficient (Wildman–Crippen LogP) is 0.193. The van der Waals surface area contributed by atoms with Crippen molar-refractivity contribution in [2.45, 2.75) is 6.54 Å². The molecule has 0 aliphatic heterocycles. The van der Waals surface area contributed by atoms with Gasteiger partial charge in [0.1, 0.15) is 6.61 Å². The van der Waals surface area contributed by atoms with Crippen LogP contribution in [0.1, 0.15) is 5.56 Å². The quantitative estimate of drug-likeness (QED) is 0.502. The third kappa shape index (κ3) is 4.25. The molecule has 0 bridgehead atoms. The molecule has 0 fully saturated rings. The number of hydrogen-bond donors (Lipinski definition) is 2. The molecule has 3 N–H and O–H groups in total. The molecule has 4 heteroatoms. The molecule has 0 spiro atoms. The number of amides is 1. The highest BCUT2D eigenvalue weighted by Crippen LogP contribution is 1.96. The first-order valence-corrected chi connectivity index (χ1v) is 3.96. The topological polar surface area (TPSA) is 64.4 Å². The second-order valence-electron chi connectivity index (χ2n) is 2.56. The fraction of sp³-hybridized carbons (Fsp3) is 0.222. The molecule has 0 atom stereocenters. The van der Waals surface area contributed by atoms with Crippen LogP contribution in [-0.2, 0) is 16.2 Å². The Labute approximate surface area is 76.6 Å². The fourth-order valence-electron chi connectivity index (χ4n) is 0.852. The lowest BCUT2D eigenvalue weighted by Gasteiger charge is -2.03. The number of nitrogens with one attached hydrogen (secondary N) is 1. The molecule has 0 aliphatic carbocycles. The Morgan fingerprint density at radius 1 is 1.38 bits per heavy atom. The van der Waals surface area contributed by atoms with Gasteiger partial charge in [0, 0.05) is 6.54 Å². The molecule has 70 valence electrons. The van der Waals surface area contributed by atoms with Crippen LogP contribution in [-0.4, -0.2) is 12.5 Å². The summed E-state index contributed by atoms with van der Waals surface area (Å²) in [4.78, 5) is 15.0. The van der Waals surface area contributed by atoms with Crippen molar-refractivity contribution in [2.24, 2.45) is 5.73 Å². The summed E-state index contributed by atoms with van der Waals surface area (Å²) in [5.41, 5.74) is 8.59. The lowest BCUT2D eigenvalue weighted by Crippen LogP contribution is -2.24. The van der Waals surface area contributed by atoms with Crippen LogP contribution < -0.4 is 11.2 Å². The van der Waals surface area contributed by atoms with E-state index in [1.165, 1.54) is 0 Å². The highest BCUT2D eigenvalue weighted by atomic mass is 16.6. The second-order valence-corrected chi connectivity index (χ2v) is 2.56. The first kappa shape index (κ1) is 9.70. The van der Waals surface area contributed by atoms with E-state index in [4.69, 9.17) is 10.6 Å². The highest BCUT2D eigenvalue weighted by Gasteiger charge is 1.93. The smallest absolute Gasteiger partial charge is 0.245 e. The zero-order valence-electron chi connectivity index (χ0n) is 7.19. The molecule has 1 aromatic rings. The summed E-state index contributed by atoms with van der Waals surface area (Å²) in [6.45, 7) is 0.459. The number of benzene rings is 1. The zero-order valence-corrected chi connectivity index (χ0v) is 7.19. The maximum atomic E-state index is 10.3. The molecular weight excluding hydrogens is 168 g/mol. The van der Waals surface area contributed by atoms with E-state index in [-0.39, 0.29) is 6.61 Å². The van der Waals surface area contributed by atoms with E-state index in [0.29, 0.717) is 6.54 Å². The van der Waals surface area contributed by atoms with E-state index in [1.54, 1.807) is 0 Å². The van der Waals surface area contributed by atoms with Gasteiger partial charge in [-0.3, -0.25) is 9.63 Å². The Hall–Kier alpha value is -1.39. The van der Waals surface area contributed by atoms with Crippen LogP contribution in [0.3, 0.4) is 0 Å². The van der Waals surface area contributed by atoms with Gasteiger partial charge in [-0.2, -0.15) is 5.48 Å². The van der Waals surface area contributed by atoms with Crippen LogP contribution in [0.25, 0.3) is 0 Å². The Bertz CT molecular complexity index is 262. The molecule has 1 rings (SSSR count). The van der Waals surface area contributed by atoms with Crippen molar-refractivity contribution in [3.05, 3.63) is 35.9 Å². The van der Waals surface area contributed by atoms with Gasteiger partial charge in [-0.05, 0) is 5.56 Å². The van der Waals surface area contributed by atoms with Crippen molar-refractivity contribution in [3.8, 4) is 0 Å². The summed E-state index contributed by atoms with van der Waals surface area (Å²) in [7, 11) is 0. The van der Waals surface area contributed by atoms with E-state index < -0.39 is 5.91 Å². The van der Waals surface area contributed by atoms with Gasteiger partial charge in [0.05, 0.1) is 0 Å². The third-order valence-electron chi connectivity index (χ3n) is 1.44. The van der Waals surface area contributed by atoms with E-state index in [9.17, 15) is 4.79 Å². The summed E-state index contributed by atoms with van der Waals surface area (Å²) in [6.07, 6.45) is 0. The number of primary amides is 1. The minimum absolute atomic E-state index is 0.104. The number of carbonyl (C=O) groups excluding carboxylic acids is 1. The predicted molar refractivity (Wildman–Crippen MR) is 48.4 cm³/mol. The van der Waals surface area contributed by atoms with Crippen LogP contribution in [0.15, 0.2) is 30.3 Å². The third-order valence-corrected chi connectivity index (χ3v) is 1.44. The van der Waals surface area contributed by atoms with Crippen LogP contribution in [0.2, 0.25) is 0 Å². The van der Waals surface area contributed by atoms with Crippen molar-refractivity contribution >= 4 is 5.91 Å². The van der Waals surface area contributed by atoms with Gasteiger partial charge in [0.15, 0.2) is 0 Å². The molecule has 1 amide bonds. The van der Waals surface area contributed by atoms with Gasteiger partial charge >= 0.3 is 0 Å². The Morgan fingerprint density at radius 3 is 2.69 bits per heavy atom. The van der Waals surface area contributed by atoms with Crippen LogP contribution in [0.4, 0.5) is 0 Å². The molecule has 0 saturated heterocycles. The molecule has 0 saturated carbocycles. The number of rotatable bonds is 5. The highest BCUT2D eigenvalue weighted by molar-refractivity contribution is 5.74. The largest absolute Gasteiger partial charge is 0.368 e. The molecular formula is C9H12N2O2. The van der Waals surface area contributed by atoms with Gasteiger partial charge in [0.25, 0.3) is 0 Å². The van der Waals surface area contributed by atoms with Crippen LogP contribution >= 0.6 is 0 Å². The van der Waals surface area contributed by atoms with Gasteiger partial charge in [-0.25, -0.2) is 0 Å². The molecule has 0 heterocycles. The maximum Gasteiger partial charge on any atom is 0.245 e. The van der Waals surface area contributed by atoms with E-state index in [0.717, 1.165) is 5.56 Å². The lowest BCUT2D eigenvalue weighted by atomic mass is 10.2. The van der Waals surface area contributed by atoms with Gasteiger partial charge in [-0.15, -0.1) is 0 Å². The van der Waals surface area contributed by atoms with Crippen LogP contribution in [0, 0.1) is 0 Å². The molecule has 1 aromatic carbocycles. The van der Waals surface area contributed by atoms with Crippen molar-refractivity contribution in [3.63, 3.8) is 0 Å². The minimum atomic E-state index is -0.486. The van der Waals surface area contributed by atoms with Crippen LogP contribution in [0.5, 0.6) is 0 Å². The number of nitrogens with two attached hydrogens (primary N) is 1. The summed E-state index contributed by atoms with van der Waals surface area (Å²) in [5, 5.41) is 0. The molecule has 0 radical (unpaired) electrons. The van der Waals surface area contributed by atoms with Crippen molar-refractivity contribution in [2.75, 3.05) is 6.61 Å². The Kier molecular flexibility index (Phi) is 3.95. The van der Waals surface area contributed by atoms with E-state index in [1.807, 2.05) is 30.3 Å². The van der Waals surface area contributed by atoms with Crippen molar-refractivity contribution in [1.82, 2.24) is 5.48 Å². The molecule has 0 unspecified atom stereocenters. The average Bonchev–Trinajstić information content (AvgIpc) is 2.14. The normalized spacial score (nSPS) is 9.85. The monoisotopic (exact) mass is 180 g/mol. The summed E-state index contributed by atoms with van der Waals surface area (Å²) < 4.78 is 0. The minimum Gasteiger partial charge on any atom is -0.368 e. The first-order chi connectivity index (χ1) is 6.29. The molecule has 0 aliphatic rings. The van der Waals surface area contributed by atoms with Crippen molar-refractivity contribution < 1.29 is 9.63 Å². The van der Waals surface area contributed by atoms with E-state index >= 15 is 0 Å². The number of hydroxylamine groups is 1. The molecule has 0 aromatic heterocycles. The van der Waals surface area contributed by atoms with Gasteiger partial charge in [0.2, 0.25) is 5.91 Å². The van der Waals surface area contributed by atoms with Gasteiger partial charge in [-0.1, -0.05) is 30.3 Å². The number of carbonyl (C=O) groups is 1. The first-order valence-electron chi connectivity index (χ1n) is 3.96.